The number of fused-ring (bicyclic) bond motifs is 3. The zero-order valence-electron chi connectivity index (χ0n) is 15.2. The Morgan fingerprint density at radius 2 is 1.96 bits per heavy atom. The number of ether oxygens (including phenoxy) is 2. The third-order valence-electron chi connectivity index (χ3n) is 5.34. The van der Waals surface area contributed by atoms with E-state index in [1.165, 1.54) is 11.1 Å². The number of allylic oxidation sites excluding steroid dienone is 2. The average Bonchev–Trinajstić information content (AvgIpc) is 2.46. The number of hydrogen-bond donors (Lipinski definition) is 0. The molecule has 2 aliphatic rings. The highest BCUT2D eigenvalue weighted by Crippen LogP contribution is 2.54. The van der Waals surface area contributed by atoms with Crippen LogP contribution in [0.15, 0.2) is 35.9 Å². The topological polar surface area (TPSA) is 18.5 Å². The van der Waals surface area contributed by atoms with Crippen LogP contribution in [0.1, 0.15) is 65.5 Å². The highest BCUT2D eigenvalue weighted by atomic mass is 16.5. The predicted octanol–water partition coefficient (Wildman–Crippen LogP) is 5.69. The van der Waals surface area contributed by atoms with Crippen molar-refractivity contribution in [1.29, 1.82) is 0 Å². The molecule has 3 atom stereocenters. The van der Waals surface area contributed by atoms with Gasteiger partial charge in [-0.15, -0.1) is 0 Å². The minimum absolute atomic E-state index is 0.164. The van der Waals surface area contributed by atoms with Gasteiger partial charge in [0.15, 0.2) is 0 Å². The smallest absolute Gasteiger partial charge is 0.125 e. The van der Waals surface area contributed by atoms with Crippen molar-refractivity contribution in [2.24, 2.45) is 11.3 Å². The molecule has 0 amide bonds. The summed E-state index contributed by atoms with van der Waals surface area (Å²) in [6, 6.07) is 8.41. The molecular formula is C21H30O2. The molecular weight excluding hydrogens is 284 g/mol. The molecule has 0 aromatic heterocycles. The monoisotopic (exact) mass is 314 g/mol. The first kappa shape index (κ1) is 16.6. The van der Waals surface area contributed by atoms with Crippen LogP contribution in [0, 0.1) is 11.3 Å². The van der Waals surface area contributed by atoms with E-state index < -0.39 is 0 Å². The first-order valence-corrected chi connectivity index (χ1v) is 8.84. The van der Waals surface area contributed by atoms with Crippen molar-refractivity contribution in [1.82, 2.24) is 0 Å². The van der Waals surface area contributed by atoms with Crippen molar-refractivity contribution in [3.8, 4) is 5.75 Å². The fourth-order valence-corrected chi connectivity index (χ4v) is 4.05. The SMILES string of the molecule is CC(C)=CCC[C@@]1(C)Oc2ccccc2[C@H]2OCC(C)(C)C[C@H]21. The third kappa shape index (κ3) is 3.33. The van der Waals surface area contributed by atoms with Crippen LogP contribution in [-0.4, -0.2) is 12.2 Å². The maximum atomic E-state index is 6.55. The van der Waals surface area contributed by atoms with Gasteiger partial charge in [0.25, 0.3) is 0 Å². The van der Waals surface area contributed by atoms with Crippen molar-refractivity contribution < 1.29 is 9.47 Å². The molecule has 1 aromatic carbocycles. The lowest BCUT2D eigenvalue weighted by Crippen LogP contribution is -2.52. The van der Waals surface area contributed by atoms with Gasteiger partial charge >= 0.3 is 0 Å². The second-order valence-corrected chi connectivity index (χ2v) is 8.48. The summed E-state index contributed by atoms with van der Waals surface area (Å²) < 4.78 is 12.9. The molecule has 3 rings (SSSR count). The quantitative estimate of drug-likeness (QED) is 0.667. The summed E-state index contributed by atoms with van der Waals surface area (Å²) in [7, 11) is 0. The molecule has 2 heterocycles. The van der Waals surface area contributed by atoms with Gasteiger partial charge in [-0.2, -0.15) is 0 Å². The van der Waals surface area contributed by atoms with E-state index in [9.17, 15) is 0 Å². The van der Waals surface area contributed by atoms with E-state index in [0.717, 1.165) is 31.6 Å². The molecule has 1 aromatic rings. The van der Waals surface area contributed by atoms with Crippen molar-refractivity contribution in [2.45, 2.75) is 65.6 Å². The Bertz CT molecular complexity index is 598. The van der Waals surface area contributed by atoms with Crippen LogP contribution >= 0.6 is 0 Å². The van der Waals surface area contributed by atoms with Gasteiger partial charge in [-0.25, -0.2) is 0 Å². The number of benzene rings is 1. The van der Waals surface area contributed by atoms with Crippen molar-refractivity contribution >= 4 is 0 Å². The molecule has 23 heavy (non-hydrogen) atoms. The second-order valence-electron chi connectivity index (χ2n) is 8.48. The lowest BCUT2D eigenvalue weighted by atomic mass is 9.67. The molecule has 0 radical (unpaired) electrons. The van der Waals surface area contributed by atoms with Gasteiger partial charge in [-0.1, -0.05) is 43.7 Å². The Kier molecular flexibility index (Phi) is 4.31. The molecule has 0 spiro atoms. The van der Waals surface area contributed by atoms with Gasteiger partial charge in [-0.3, -0.25) is 0 Å². The van der Waals surface area contributed by atoms with Crippen molar-refractivity contribution in [3.05, 3.63) is 41.5 Å². The Morgan fingerprint density at radius 1 is 1.22 bits per heavy atom. The number of hydrogen-bond acceptors (Lipinski definition) is 2. The van der Waals surface area contributed by atoms with Gasteiger partial charge < -0.3 is 9.47 Å². The Balaban J connectivity index is 1.93. The summed E-state index contributed by atoms with van der Waals surface area (Å²) in [4.78, 5) is 0. The van der Waals surface area contributed by atoms with Gasteiger partial charge in [0.2, 0.25) is 0 Å². The van der Waals surface area contributed by atoms with E-state index in [-0.39, 0.29) is 17.1 Å². The minimum atomic E-state index is -0.164. The molecule has 2 aliphatic heterocycles. The molecule has 1 saturated heterocycles. The van der Waals surface area contributed by atoms with Crippen molar-refractivity contribution in [2.75, 3.05) is 6.61 Å². The zero-order chi connectivity index (χ0) is 16.7. The average molecular weight is 314 g/mol. The largest absolute Gasteiger partial charge is 0.487 e. The molecule has 126 valence electrons. The molecule has 0 bridgehead atoms. The van der Waals surface area contributed by atoms with E-state index in [0.29, 0.717) is 5.92 Å². The van der Waals surface area contributed by atoms with Crippen LogP contribution in [-0.2, 0) is 4.74 Å². The summed E-state index contributed by atoms with van der Waals surface area (Å²) >= 11 is 0. The molecule has 0 N–H and O–H groups in total. The third-order valence-corrected chi connectivity index (χ3v) is 5.34. The van der Waals surface area contributed by atoms with Gasteiger partial charge in [0, 0.05) is 11.5 Å². The zero-order valence-corrected chi connectivity index (χ0v) is 15.2. The normalized spacial score (nSPS) is 31.5. The van der Waals surface area contributed by atoms with Gasteiger partial charge in [-0.05, 0) is 51.5 Å². The lowest BCUT2D eigenvalue weighted by molar-refractivity contribution is -0.162. The first-order chi connectivity index (χ1) is 10.8. The van der Waals surface area contributed by atoms with Crippen LogP contribution in [0.2, 0.25) is 0 Å². The summed E-state index contributed by atoms with van der Waals surface area (Å²) in [6.45, 7) is 12.0. The predicted molar refractivity (Wildman–Crippen MR) is 94.7 cm³/mol. The van der Waals surface area contributed by atoms with E-state index >= 15 is 0 Å². The van der Waals surface area contributed by atoms with Crippen LogP contribution in [0.4, 0.5) is 0 Å². The summed E-state index contributed by atoms with van der Waals surface area (Å²) in [6.07, 6.45) is 5.73. The molecule has 0 unspecified atom stereocenters. The van der Waals surface area contributed by atoms with Crippen LogP contribution in [0.3, 0.4) is 0 Å². The minimum Gasteiger partial charge on any atom is -0.487 e. The lowest BCUT2D eigenvalue weighted by Gasteiger charge is -2.52. The van der Waals surface area contributed by atoms with E-state index in [1.807, 2.05) is 0 Å². The standard InChI is InChI=1S/C21H30O2/c1-15(2)9-8-12-21(5)17-13-20(3,4)14-22-19(17)16-10-6-7-11-18(16)23-21/h6-7,9-11,17,19H,8,12-14H2,1-5H3/t17-,19-,21-/m1/s1. The molecule has 2 heteroatoms. The fraction of sp³-hybridized carbons (Fsp3) is 0.619. The first-order valence-electron chi connectivity index (χ1n) is 8.84. The van der Waals surface area contributed by atoms with Gasteiger partial charge in [0.05, 0.1) is 12.7 Å². The number of para-hydroxylation sites is 1. The van der Waals surface area contributed by atoms with Crippen LogP contribution in [0.5, 0.6) is 5.75 Å². The van der Waals surface area contributed by atoms with E-state index in [1.54, 1.807) is 0 Å². The van der Waals surface area contributed by atoms with Crippen LogP contribution in [0.25, 0.3) is 0 Å². The highest BCUT2D eigenvalue weighted by molar-refractivity contribution is 5.39. The summed E-state index contributed by atoms with van der Waals surface area (Å²) in [5.74, 6) is 1.42. The van der Waals surface area contributed by atoms with Gasteiger partial charge in [0.1, 0.15) is 11.4 Å². The molecule has 0 aliphatic carbocycles. The Morgan fingerprint density at radius 3 is 2.70 bits per heavy atom. The highest BCUT2D eigenvalue weighted by Gasteiger charge is 2.51. The van der Waals surface area contributed by atoms with Crippen molar-refractivity contribution in [3.63, 3.8) is 0 Å². The second kappa shape index (κ2) is 5.98. The maximum absolute atomic E-state index is 6.55. The molecule has 0 saturated carbocycles. The molecule has 2 nitrogen and oxygen atoms in total. The Labute approximate surface area is 140 Å². The maximum Gasteiger partial charge on any atom is 0.125 e. The van der Waals surface area contributed by atoms with E-state index in [4.69, 9.17) is 9.47 Å². The molecule has 1 fully saturated rings. The summed E-state index contributed by atoms with van der Waals surface area (Å²) in [5.41, 5.74) is 2.66. The fourth-order valence-electron chi connectivity index (χ4n) is 4.05. The number of rotatable bonds is 3. The van der Waals surface area contributed by atoms with Crippen LogP contribution < -0.4 is 4.74 Å². The van der Waals surface area contributed by atoms with E-state index in [2.05, 4.69) is 65.0 Å². The Hall–Kier alpha value is -1.28. The summed E-state index contributed by atoms with van der Waals surface area (Å²) in [5, 5.41) is 0.